The summed E-state index contributed by atoms with van der Waals surface area (Å²) in [5.41, 5.74) is 2.33. The van der Waals surface area contributed by atoms with E-state index in [1.165, 1.54) is 11.8 Å². The lowest BCUT2D eigenvalue weighted by atomic mass is 10.2. The van der Waals surface area contributed by atoms with Gasteiger partial charge in [0, 0.05) is 22.0 Å². The highest BCUT2D eigenvalue weighted by molar-refractivity contribution is 7.99. The van der Waals surface area contributed by atoms with Gasteiger partial charge in [-0.05, 0) is 48.5 Å². The third kappa shape index (κ3) is 5.30. The number of nitrogens with zero attached hydrogens (tertiary/aromatic N) is 3. The molecule has 7 nitrogen and oxygen atoms in total. The van der Waals surface area contributed by atoms with Crippen molar-refractivity contribution in [2.45, 2.75) is 5.16 Å². The third-order valence-corrected chi connectivity index (χ3v) is 5.89. The van der Waals surface area contributed by atoms with Gasteiger partial charge in [-0.1, -0.05) is 47.6 Å². The van der Waals surface area contributed by atoms with Crippen molar-refractivity contribution in [3.8, 4) is 28.6 Å². The second-order valence-corrected chi connectivity index (χ2v) is 8.27. The summed E-state index contributed by atoms with van der Waals surface area (Å²) in [5.74, 6) is 1.83. The maximum absolute atomic E-state index is 12.5. The molecule has 9 heteroatoms. The summed E-state index contributed by atoms with van der Waals surface area (Å²) in [6, 6.07) is 22.3. The number of thioether (sulfide) groups is 1. The number of carbonyl (C=O) groups excluding carboxylic acids is 1. The molecule has 0 atom stereocenters. The zero-order valence-corrected chi connectivity index (χ0v) is 19.6. The van der Waals surface area contributed by atoms with E-state index < -0.39 is 0 Å². The Bertz CT molecular complexity index is 1260. The molecule has 0 radical (unpaired) electrons. The van der Waals surface area contributed by atoms with Crippen molar-refractivity contribution in [1.29, 1.82) is 0 Å². The number of amides is 1. The number of nitrogens with one attached hydrogen (secondary N) is 1. The first-order valence-electron chi connectivity index (χ1n) is 10.0. The van der Waals surface area contributed by atoms with E-state index in [4.69, 9.17) is 21.1 Å². The van der Waals surface area contributed by atoms with Crippen LogP contribution in [0.1, 0.15) is 0 Å². The maximum Gasteiger partial charge on any atom is 0.234 e. The second-order valence-electron chi connectivity index (χ2n) is 6.89. The highest BCUT2D eigenvalue weighted by atomic mass is 35.5. The van der Waals surface area contributed by atoms with Crippen LogP contribution in [0.15, 0.2) is 78.0 Å². The van der Waals surface area contributed by atoms with Crippen molar-refractivity contribution in [3.63, 3.8) is 0 Å². The van der Waals surface area contributed by atoms with Crippen molar-refractivity contribution in [2.75, 3.05) is 25.3 Å². The number of anilines is 1. The fourth-order valence-electron chi connectivity index (χ4n) is 3.23. The molecule has 0 bridgehead atoms. The lowest BCUT2D eigenvalue weighted by molar-refractivity contribution is -0.113. The van der Waals surface area contributed by atoms with Gasteiger partial charge in [0.05, 0.1) is 20.0 Å². The number of ether oxygens (including phenoxy) is 2. The van der Waals surface area contributed by atoms with Crippen LogP contribution in [-0.2, 0) is 4.79 Å². The Labute approximate surface area is 200 Å². The predicted octanol–water partition coefficient (Wildman–Crippen LogP) is 5.34. The normalized spacial score (nSPS) is 10.6. The van der Waals surface area contributed by atoms with Crippen molar-refractivity contribution in [1.82, 2.24) is 14.8 Å². The van der Waals surface area contributed by atoms with Gasteiger partial charge in [0.15, 0.2) is 22.5 Å². The van der Waals surface area contributed by atoms with E-state index in [-0.39, 0.29) is 11.7 Å². The Morgan fingerprint density at radius 2 is 1.76 bits per heavy atom. The molecule has 0 aliphatic heterocycles. The van der Waals surface area contributed by atoms with Gasteiger partial charge in [-0.3, -0.25) is 9.36 Å². The van der Waals surface area contributed by atoms with Gasteiger partial charge < -0.3 is 14.8 Å². The number of para-hydroxylation sites is 1. The van der Waals surface area contributed by atoms with Crippen LogP contribution in [0.4, 0.5) is 5.69 Å². The maximum atomic E-state index is 12.5. The van der Waals surface area contributed by atoms with Crippen LogP contribution < -0.4 is 14.8 Å². The molecule has 4 aromatic rings. The molecule has 1 amide bonds. The molecule has 3 aromatic carbocycles. The number of rotatable bonds is 8. The lowest BCUT2D eigenvalue weighted by Crippen LogP contribution is -2.14. The van der Waals surface area contributed by atoms with E-state index in [1.54, 1.807) is 38.5 Å². The summed E-state index contributed by atoms with van der Waals surface area (Å²) < 4.78 is 12.7. The van der Waals surface area contributed by atoms with Crippen molar-refractivity contribution >= 4 is 35.0 Å². The van der Waals surface area contributed by atoms with Crippen LogP contribution in [0.25, 0.3) is 17.1 Å². The van der Waals surface area contributed by atoms with Gasteiger partial charge in [-0.25, -0.2) is 0 Å². The summed E-state index contributed by atoms with van der Waals surface area (Å²) in [7, 11) is 3.18. The Morgan fingerprint density at radius 1 is 0.970 bits per heavy atom. The first kappa shape index (κ1) is 22.7. The number of hydrogen-bond acceptors (Lipinski definition) is 6. The fourth-order valence-corrected chi connectivity index (χ4v) is 4.17. The zero-order chi connectivity index (χ0) is 23.2. The monoisotopic (exact) mass is 480 g/mol. The quantitative estimate of drug-likeness (QED) is 0.343. The zero-order valence-electron chi connectivity index (χ0n) is 18.0. The fraction of sp³-hybridized carbons (Fsp3) is 0.125. The standard InChI is InChI=1S/C24H21ClN4O3S/c1-31-20-12-11-16(13-21(20)32-2)23-27-28-24(29(23)19-9-4-3-5-10-19)33-15-22(30)26-18-8-6-7-17(25)14-18/h3-14H,15H2,1-2H3,(H,26,30). The first-order chi connectivity index (χ1) is 16.1. The number of benzene rings is 3. The Balaban J connectivity index is 1.63. The van der Waals surface area contributed by atoms with Gasteiger partial charge in [0.25, 0.3) is 0 Å². The molecular weight excluding hydrogens is 460 g/mol. The van der Waals surface area contributed by atoms with Crippen molar-refractivity contribution in [3.05, 3.63) is 77.8 Å². The molecule has 1 N–H and O–H groups in total. The van der Waals surface area contributed by atoms with Gasteiger partial charge in [0.2, 0.25) is 5.91 Å². The molecule has 0 unspecified atom stereocenters. The van der Waals surface area contributed by atoms with Crippen LogP contribution in [0.2, 0.25) is 5.02 Å². The molecule has 0 aliphatic rings. The Hall–Kier alpha value is -3.49. The van der Waals surface area contributed by atoms with E-state index >= 15 is 0 Å². The lowest BCUT2D eigenvalue weighted by Gasteiger charge is -2.12. The van der Waals surface area contributed by atoms with E-state index in [1.807, 2.05) is 53.1 Å². The molecule has 4 rings (SSSR count). The summed E-state index contributed by atoms with van der Waals surface area (Å²) in [4.78, 5) is 12.5. The Morgan fingerprint density at radius 3 is 2.48 bits per heavy atom. The molecule has 33 heavy (non-hydrogen) atoms. The van der Waals surface area contributed by atoms with Gasteiger partial charge in [-0.15, -0.1) is 10.2 Å². The summed E-state index contributed by atoms with van der Waals surface area (Å²) in [6.45, 7) is 0. The summed E-state index contributed by atoms with van der Waals surface area (Å²) >= 11 is 7.29. The van der Waals surface area contributed by atoms with Crippen LogP contribution in [-0.4, -0.2) is 40.6 Å². The number of carbonyl (C=O) groups is 1. The highest BCUT2D eigenvalue weighted by Crippen LogP contribution is 2.34. The molecule has 1 heterocycles. The molecule has 0 saturated carbocycles. The van der Waals surface area contributed by atoms with Crippen LogP contribution in [0, 0.1) is 0 Å². The summed E-state index contributed by atoms with van der Waals surface area (Å²) in [5, 5.41) is 12.8. The molecule has 168 valence electrons. The first-order valence-corrected chi connectivity index (χ1v) is 11.4. The second kappa shape index (κ2) is 10.4. The molecule has 0 aliphatic carbocycles. The predicted molar refractivity (Wildman–Crippen MR) is 131 cm³/mol. The molecule has 0 spiro atoms. The smallest absolute Gasteiger partial charge is 0.234 e. The van der Waals surface area contributed by atoms with Crippen LogP contribution in [0.3, 0.4) is 0 Å². The van der Waals surface area contributed by atoms with E-state index in [0.29, 0.717) is 33.2 Å². The largest absolute Gasteiger partial charge is 0.493 e. The van der Waals surface area contributed by atoms with Gasteiger partial charge in [-0.2, -0.15) is 0 Å². The number of methoxy groups -OCH3 is 2. The number of hydrogen-bond donors (Lipinski definition) is 1. The van der Waals surface area contributed by atoms with Crippen molar-refractivity contribution in [2.24, 2.45) is 0 Å². The van der Waals surface area contributed by atoms with Crippen LogP contribution in [0.5, 0.6) is 11.5 Å². The third-order valence-electron chi connectivity index (χ3n) is 4.73. The minimum Gasteiger partial charge on any atom is -0.493 e. The Kier molecular flexibility index (Phi) is 7.16. The van der Waals surface area contributed by atoms with Crippen LogP contribution >= 0.6 is 23.4 Å². The van der Waals surface area contributed by atoms with Gasteiger partial charge >= 0.3 is 0 Å². The average molecular weight is 481 g/mol. The summed E-state index contributed by atoms with van der Waals surface area (Å²) in [6.07, 6.45) is 0. The molecule has 0 fully saturated rings. The minimum absolute atomic E-state index is 0.156. The molecule has 0 saturated heterocycles. The highest BCUT2D eigenvalue weighted by Gasteiger charge is 2.19. The minimum atomic E-state index is -0.169. The van der Waals surface area contributed by atoms with Gasteiger partial charge in [0.1, 0.15) is 0 Å². The topological polar surface area (TPSA) is 78.3 Å². The molecular formula is C24H21ClN4O3S. The van der Waals surface area contributed by atoms with E-state index in [9.17, 15) is 4.79 Å². The van der Waals surface area contributed by atoms with Crippen molar-refractivity contribution < 1.29 is 14.3 Å². The number of halogens is 1. The number of aromatic nitrogens is 3. The average Bonchev–Trinajstić information content (AvgIpc) is 3.27. The SMILES string of the molecule is COc1ccc(-c2nnc(SCC(=O)Nc3cccc(Cl)c3)n2-c2ccccc2)cc1OC. The van der Waals surface area contributed by atoms with E-state index in [0.717, 1.165) is 11.3 Å². The molecule has 1 aromatic heterocycles. The van der Waals surface area contributed by atoms with E-state index in [2.05, 4.69) is 15.5 Å².